The standard InChI is InChI=1S/C13H10ClF3N2S/c1-18-11-5-8(13(15,16)17)6-12(19-11)20-10-4-2-3-9(14)7-10/h2-7H,1H3,(H,18,19). The zero-order valence-corrected chi connectivity index (χ0v) is 11.9. The number of anilines is 1. The molecule has 0 bridgehead atoms. The van der Waals surface area contributed by atoms with Gasteiger partial charge in [0.15, 0.2) is 0 Å². The molecule has 0 radical (unpaired) electrons. The Labute approximate surface area is 123 Å². The van der Waals surface area contributed by atoms with Crippen LogP contribution >= 0.6 is 23.4 Å². The van der Waals surface area contributed by atoms with Gasteiger partial charge in [-0.3, -0.25) is 0 Å². The van der Waals surface area contributed by atoms with E-state index >= 15 is 0 Å². The van der Waals surface area contributed by atoms with E-state index in [0.29, 0.717) is 5.02 Å². The van der Waals surface area contributed by atoms with E-state index in [1.165, 1.54) is 7.05 Å². The Bertz CT molecular complexity index is 617. The Hall–Kier alpha value is -1.40. The first-order valence-corrected chi connectivity index (χ1v) is 6.78. The molecule has 0 amide bonds. The van der Waals surface area contributed by atoms with Crippen LogP contribution in [0.3, 0.4) is 0 Å². The number of alkyl halides is 3. The van der Waals surface area contributed by atoms with Crippen LogP contribution in [0.15, 0.2) is 46.3 Å². The van der Waals surface area contributed by atoms with Gasteiger partial charge in [-0.25, -0.2) is 4.98 Å². The number of halogens is 4. The van der Waals surface area contributed by atoms with Gasteiger partial charge in [-0.1, -0.05) is 29.4 Å². The molecule has 2 rings (SSSR count). The Morgan fingerprint density at radius 3 is 2.55 bits per heavy atom. The van der Waals surface area contributed by atoms with E-state index in [2.05, 4.69) is 10.3 Å². The summed E-state index contributed by atoms with van der Waals surface area (Å²) in [5.74, 6) is 0.171. The summed E-state index contributed by atoms with van der Waals surface area (Å²) < 4.78 is 38.4. The molecule has 106 valence electrons. The van der Waals surface area contributed by atoms with Crippen LogP contribution in [0, 0.1) is 0 Å². The first kappa shape index (κ1) is 15.0. The van der Waals surface area contributed by atoms with Crippen molar-refractivity contribution in [2.24, 2.45) is 0 Å². The van der Waals surface area contributed by atoms with Crippen LogP contribution in [-0.4, -0.2) is 12.0 Å². The van der Waals surface area contributed by atoms with Crippen LogP contribution in [0.5, 0.6) is 0 Å². The highest BCUT2D eigenvalue weighted by atomic mass is 35.5. The fourth-order valence-electron chi connectivity index (χ4n) is 1.50. The van der Waals surface area contributed by atoms with E-state index in [4.69, 9.17) is 11.6 Å². The third kappa shape index (κ3) is 3.80. The van der Waals surface area contributed by atoms with Crippen LogP contribution < -0.4 is 5.32 Å². The number of rotatable bonds is 3. The Morgan fingerprint density at radius 2 is 1.95 bits per heavy atom. The number of hydrogen-bond acceptors (Lipinski definition) is 3. The number of aromatic nitrogens is 1. The number of nitrogens with zero attached hydrogens (tertiary/aromatic N) is 1. The normalized spacial score (nSPS) is 11.4. The van der Waals surface area contributed by atoms with Crippen molar-refractivity contribution in [2.75, 3.05) is 12.4 Å². The summed E-state index contributed by atoms with van der Waals surface area (Å²) in [6.45, 7) is 0. The van der Waals surface area contributed by atoms with Crippen molar-refractivity contribution >= 4 is 29.2 Å². The van der Waals surface area contributed by atoms with Crippen LogP contribution in [0.25, 0.3) is 0 Å². The molecule has 0 saturated heterocycles. The first-order valence-electron chi connectivity index (χ1n) is 5.59. The van der Waals surface area contributed by atoms with Gasteiger partial charge >= 0.3 is 6.18 Å². The fraction of sp³-hybridized carbons (Fsp3) is 0.154. The van der Waals surface area contributed by atoms with Crippen LogP contribution in [0.4, 0.5) is 19.0 Å². The lowest BCUT2D eigenvalue weighted by atomic mass is 10.2. The van der Waals surface area contributed by atoms with Crippen molar-refractivity contribution in [1.82, 2.24) is 4.98 Å². The second-order valence-electron chi connectivity index (χ2n) is 3.89. The fourth-order valence-corrected chi connectivity index (χ4v) is 2.66. The SMILES string of the molecule is CNc1cc(C(F)(F)F)cc(Sc2cccc(Cl)c2)n1. The molecular weight excluding hydrogens is 309 g/mol. The molecule has 1 N–H and O–H groups in total. The van der Waals surface area contributed by atoms with Crippen LogP contribution in [0.2, 0.25) is 5.02 Å². The van der Waals surface area contributed by atoms with E-state index in [1.54, 1.807) is 24.3 Å². The highest BCUT2D eigenvalue weighted by Crippen LogP contribution is 2.35. The molecule has 2 nitrogen and oxygen atoms in total. The number of nitrogens with one attached hydrogen (secondary N) is 1. The maximum atomic E-state index is 12.8. The first-order chi connectivity index (χ1) is 9.38. The maximum absolute atomic E-state index is 12.8. The monoisotopic (exact) mass is 318 g/mol. The largest absolute Gasteiger partial charge is 0.416 e. The lowest BCUT2D eigenvalue weighted by Gasteiger charge is -2.11. The molecule has 0 aliphatic heterocycles. The number of benzene rings is 1. The highest BCUT2D eigenvalue weighted by molar-refractivity contribution is 7.99. The lowest BCUT2D eigenvalue weighted by Crippen LogP contribution is -2.07. The van der Waals surface area contributed by atoms with Crippen molar-refractivity contribution in [1.29, 1.82) is 0 Å². The van der Waals surface area contributed by atoms with Gasteiger partial charge in [-0.05, 0) is 30.3 Å². The van der Waals surface area contributed by atoms with Gasteiger partial charge in [0, 0.05) is 17.0 Å². The van der Waals surface area contributed by atoms with Gasteiger partial charge in [-0.2, -0.15) is 13.2 Å². The molecule has 0 spiro atoms. The number of hydrogen-bond donors (Lipinski definition) is 1. The minimum Gasteiger partial charge on any atom is -0.373 e. The molecule has 0 saturated carbocycles. The van der Waals surface area contributed by atoms with Gasteiger partial charge in [-0.15, -0.1) is 0 Å². The Morgan fingerprint density at radius 1 is 1.20 bits per heavy atom. The average molecular weight is 319 g/mol. The van der Waals surface area contributed by atoms with Crippen molar-refractivity contribution in [2.45, 2.75) is 16.1 Å². The zero-order chi connectivity index (χ0) is 14.8. The topological polar surface area (TPSA) is 24.9 Å². The predicted molar refractivity (Wildman–Crippen MR) is 74.4 cm³/mol. The average Bonchev–Trinajstić information content (AvgIpc) is 2.37. The van der Waals surface area contributed by atoms with E-state index in [1.807, 2.05) is 0 Å². The maximum Gasteiger partial charge on any atom is 0.416 e. The summed E-state index contributed by atoms with van der Waals surface area (Å²) in [7, 11) is 1.52. The molecule has 0 aliphatic carbocycles. The molecule has 0 unspecified atom stereocenters. The summed E-state index contributed by atoms with van der Waals surface area (Å²) >= 11 is 6.97. The van der Waals surface area contributed by atoms with E-state index in [9.17, 15) is 13.2 Å². The number of pyridine rings is 1. The molecule has 1 heterocycles. The predicted octanol–water partition coefficient (Wildman–Crippen LogP) is 4.95. The van der Waals surface area contributed by atoms with Gasteiger partial charge in [0.05, 0.1) is 5.56 Å². The van der Waals surface area contributed by atoms with Crippen molar-refractivity contribution in [3.05, 3.63) is 47.0 Å². The summed E-state index contributed by atoms with van der Waals surface area (Å²) in [6.07, 6.45) is -4.40. The highest BCUT2D eigenvalue weighted by Gasteiger charge is 2.31. The molecule has 0 aliphatic rings. The minimum absolute atomic E-state index is 0.171. The van der Waals surface area contributed by atoms with Crippen LogP contribution in [0.1, 0.15) is 5.56 Å². The summed E-state index contributed by atoms with van der Waals surface area (Å²) in [6, 6.07) is 8.86. The Kier molecular flexibility index (Phi) is 4.45. The molecular formula is C13H10ClF3N2S. The molecule has 2 aromatic rings. The van der Waals surface area contributed by atoms with Crippen molar-refractivity contribution in [3.8, 4) is 0 Å². The van der Waals surface area contributed by atoms with Gasteiger partial charge in [0.2, 0.25) is 0 Å². The third-order valence-corrected chi connectivity index (χ3v) is 3.55. The van der Waals surface area contributed by atoms with E-state index in [-0.39, 0.29) is 10.8 Å². The van der Waals surface area contributed by atoms with E-state index < -0.39 is 11.7 Å². The van der Waals surface area contributed by atoms with Crippen molar-refractivity contribution < 1.29 is 13.2 Å². The summed E-state index contributed by atoms with van der Waals surface area (Å²) in [4.78, 5) is 4.83. The quantitative estimate of drug-likeness (QED) is 0.867. The smallest absolute Gasteiger partial charge is 0.373 e. The van der Waals surface area contributed by atoms with Gasteiger partial charge in [0.25, 0.3) is 0 Å². The summed E-state index contributed by atoms with van der Waals surface area (Å²) in [5.41, 5.74) is -0.735. The van der Waals surface area contributed by atoms with Gasteiger partial charge < -0.3 is 5.32 Å². The van der Waals surface area contributed by atoms with Crippen LogP contribution in [-0.2, 0) is 6.18 Å². The Balaban J connectivity index is 2.36. The minimum atomic E-state index is -4.40. The van der Waals surface area contributed by atoms with E-state index in [0.717, 1.165) is 28.8 Å². The third-order valence-electron chi connectivity index (χ3n) is 2.40. The second kappa shape index (κ2) is 5.93. The lowest BCUT2D eigenvalue weighted by molar-refractivity contribution is -0.137. The summed E-state index contributed by atoms with van der Waals surface area (Å²) in [5, 5.41) is 3.41. The second-order valence-corrected chi connectivity index (χ2v) is 5.42. The molecule has 1 aromatic heterocycles. The zero-order valence-electron chi connectivity index (χ0n) is 10.3. The molecule has 1 aromatic carbocycles. The molecule has 0 fully saturated rings. The molecule has 0 atom stereocenters. The molecule has 7 heteroatoms. The molecule has 20 heavy (non-hydrogen) atoms. The van der Waals surface area contributed by atoms with Gasteiger partial charge in [0.1, 0.15) is 10.8 Å². The van der Waals surface area contributed by atoms with Crippen molar-refractivity contribution in [3.63, 3.8) is 0 Å².